The Morgan fingerprint density at radius 2 is 1.67 bits per heavy atom. The smallest absolute Gasteiger partial charge is 0.0269 e. The van der Waals surface area contributed by atoms with Crippen LogP contribution in [0.3, 0.4) is 0 Å². The van der Waals surface area contributed by atoms with Crippen molar-refractivity contribution in [2.24, 2.45) is 17.3 Å². The van der Waals surface area contributed by atoms with Crippen LogP contribution in [0.5, 0.6) is 0 Å². The molecule has 0 aliphatic heterocycles. The maximum atomic E-state index is 2.49. The van der Waals surface area contributed by atoms with Gasteiger partial charge in [-0.25, -0.2) is 0 Å². The van der Waals surface area contributed by atoms with Crippen molar-refractivity contribution >= 4 is 0 Å². The minimum atomic E-state index is 0.803. The number of hydrogen-bond donors (Lipinski definition) is 0. The van der Waals surface area contributed by atoms with E-state index in [-0.39, 0.29) is 0 Å². The molecule has 70 valence electrons. The zero-order valence-electron chi connectivity index (χ0n) is 8.60. The molecule has 2 aliphatic carbocycles. The number of hydrogen-bond acceptors (Lipinski definition) is 0. The van der Waals surface area contributed by atoms with E-state index in [2.05, 4.69) is 13.8 Å². The van der Waals surface area contributed by atoms with Crippen LogP contribution in [-0.2, 0) is 0 Å². The summed E-state index contributed by atoms with van der Waals surface area (Å²) in [4.78, 5) is 0. The highest BCUT2D eigenvalue weighted by Gasteiger charge is 2.42. The van der Waals surface area contributed by atoms with Crippen LogP contribution in [0, 0.1) is 17.3 Å². The molecule has 0 aromatic rings. The zero-order chi connectivity index (χ0) is 8.60. The second-order valence-corrected chi connectivity index (χ2v) is 5.36. The Kier molecular flexibility index (Phi) is 2.18. The Morgan fingerprint density at radius 1 is 1.00 bits per heavy atom. The molecule has 0 aromatic carbocycles. The van der Waals surface area contributed by atoms with Gasteiger partial charge in [0.25, 0.3) is 0 Å². The van der Waals surface area contributed by atoms with Crippen molar-refractivity contribution in [3.63, 3.8) is 0 Å². The first-order valence-electron chi connectivity index (χ1n) is 5.73. The van der Waals surface area contributed by atoms with Crippen LogP contribution >= 0.6 is 0 Å². The van der Waals surface area contributed by atoms with Gasteiger partial charge in [0.05, 0.1) is 0 Å². The van der Waals surface area contributed by atoms with Crippen LogP contribution in [0.25, 0.3) is 0 Å². The molecule has 0 N–H and O–H groups in total. The molecule has 0 heteroatoms. The van der Waals surface area contributed by atoms with Gasteiger partial charge in [-0.1, -0.05) is 39.5 Å². The lowest BCUT2D eigenvalue weighted by molar-refractivity contribution is 0.105. The predicted molar refractivity (Wildman–Crippen MR) is 53.1 cm³/mol. The van der Waals surface area contributed by atoms with E-state index < -0.39 is 0 Å². The minimum absolute atomic E-state index is 0.803. The first-order valence-corrected chi connectivity index (χ1v) is 5.73. The van der Waals surface area contributed by atoms with Crippen LogP contribution in [0.1, 0.15) is 58.8 Å². The van der Waals surface area contributed by atoms with Gasteiger partial charge in [-0.05, 0) is 36.5 Å². The average Bonchev–Trinajstić information content (AvgIpc) is 2.33. The molecule has 0 saturated heterocycles. The molecular formula is C12H22. The quantitative estimate of drug-likeness (QED) is 0.510. The topological polar surface area (TPSA) is 0 Å². The van der Waals surface area contributed by atoms with Gasteiger partial charge in [0.15, 0.2) is 0 Å². The van der Waals surface area contributed by atoms with Crippen molar-refractivity contribution in [1.29, 1.82) is 0 Å². The minimum Gasteiger partial charge on any atom is -0.0625 e. The van der Waals surface area contributed by atoms with Crippen LogP contribution in [0.4, 0.5) is 0 Å². The van der Waals surface area contributed by atoms with Gasteiger partial charge in [-0.15, -0.1) is 0 Å². The normalized spacial score (nSPS) is 48.5. The van der Waals surface area contributed by atoms with E-state index in [1.807, 2.05) is 0 Å². The highest BCUT2D eigenvalue weighted by atomic mass is 14.5. The largest absolute Gasteiger partial charge is 0.0625 e. The van der Waals surface area contributed by atoms with E-state index in [0.717, 1.165) is 17.3 Å². The fourth-order valence-corrected chi connectivity index (χ4v) is 3.69. The third kappa shape index (κ3) is 1.30. The molecule has 0 bridgehead atoms. The Balaban J connectivity index is 2.08. The molecular weight excluding hydrogens is 144 g/mol. The Bertz CT molecular complexity index is 161. The number of rotatable bonds is 0. The Hall–Kier alpha value is 0. The molecule has 2 rings (SSSR count). The summed E-state index contributed by atoms with van der Waals surface area (Å²) >= 11 is 0. The van der Waals surface area contributed by atoms with Gasteiger partial charge in [0.1, 0.15) is 0 Å². The maximum absolute atomic E-state index is 2.49. The summed E-state index contributed by atoms with van der Waals surface area (Å²) in [6.07, 6.45) is 10.6. The van der Waals surface area contributed by atoms with E-state index >= 15 is 0 Å². The molecule has 2 aliphatic rings. The molecule has 0 amide bonds. The molecule has 12 heavy (non-hydrogen) atoms. The maximum Gasteiger partial charge on any atom is -0.0269 e. The molecule has 0 heterocycles. The van der Waals surface area contributed by atoms with E-state index in [4.69, 9.17) is 0 Å². The van der Waals surface area contributed by atoms with Crippen molar-refractivity contribution in [2.45, 2.75) is 58.8 Å². The predicted octanol–water partition coefficient (Wildman–Crippen LogP) is 4.00. The SMILES string of the molecule is C[C@@H]1CCCC2(CCC[C@H]2C)C1. The van der Waals surface area contributed by atoms with Gasteiger partial charge >= 0.3 is 0 Å². The fraction of sp³-hybridized carbons (Fsp3) is 1.00. The van der Waals surface area contributed by atoms with Gasteiger partial charge in [0, 0.05) is 0 Å². The summed E-state index contributed by atoms with van der Waals surface area (Å²) in [5, 5.41) is 0. The van der Waals surface area contributed by atoms with Gasteiger partial charge < -0.3 is 0 Å². The Morgan fingerprint density at radius 3 is 2.17 bits per heavy atom. The van der Waals surface area contributed by atoms with Crippen molar-refractivity contribution in [2.75, 3.05) is 0 Å². The van der Waals surface area contributed by atoms with Gasteiger partial charge in [-0.2, -0.15) is 0 Å². The average molecular weight is 166 g/mol. The lowest BCUT2D eigenvalue weighted by Gasteiger charge is -2.40. The van der Waals surface area contributed by atoms with E-state index in [1.54, 1.807) is 12.8 Å². The van der Waals surface area contributed by atoms with E-state index in [1.165, 1.54) is 32.1 Å². The van der Waals surface area contributed by atoms with Gasteiger partial charge in [0.2, 0.25) is 0 Å². The third-order valence-electron chi connectivity index (χ3n) is 4.48. The van der Waals surface area contributed by atoms with Crippen LogP contribution in [0.2, 0.25) is 0 Å². The highest BCUT2D eigenvalue weighted by molar-refractivity contribution is 4.93. The lowest BCUT2D eigenvalue weighted by atomic mass is 9.65. The van der Waals surface area contributed by atoms with Crippen LogP contribution < -0.4 is 0 Å². The molecule has 1 unspecified atom stereocenters. The fourth-order valence-electron chi connectivity index (χ4n) is 3.69. The molecule has 0 aromatic heterocycles. The molecule has 2 saturated carbocycles. The molecule has 0 radical (unpaired) electrons. The van der Waals surface area contributed by atoms with E-state index in [0.29, 0.717) is 0 Å². The molecule has 2 fully saturated rings. The van der Waals surface area contributed by atoms with Gasteiger partial charge in [-0.3, -0.25) is 0 Å². The zero-order valence-corrected chi connectivity index (χ0v) is 8.60. The monoisotopic (exact) mass is 166 g/mol. The van der Waals surface area contributed by atoms with Crippen molar-refractivity contribution in [1.82, 2.24) is 0 Å². The molecule has 0 nitrogen and oxygen atoms in total. The third-order valence-corrected chi connectivity index (χ3v) is 4.48. The van der Waals surface area contributed by atoms with E-state index in [9.17, 15) is 0 Å². The highest BCUT2D eigenvalue weighted by Crippen LogP contribution is 2.53. The first kappa shape index (κ1) is 8.59. The second kappa shape index (κ2) is 3.05. The summed E-state index contributed by atoms with van der Waals surface area (Å²) in [6, 6.07) is 0. The molecule has 3 atom stereocenters. The first-order chi connectivity index (χ1) is 5.73. The van der Waals surface area contributed by atoms with Crippen LogP contribution in [0.15, 0.2) is 0 Å². The summed E-state index contributed by atoms with van der Waals surface area (Å²) in [7, 11) is 0. The van der Waals surface area contributed by atoms with Crippen molar-refractivity contribution in [3.05, 3.63) is 0 Å². The second-order valence-electron chi connectivity index (χ2n) is 5.36. The summed E-state index contributed by atoms with van der Waals surface area (Å²) in [6.45, 7) is 4.94. The molecule has 1 spiro atoms. The summed E-state index contributed by atoms with van der Waals surface area (Å²) < 4.78 is 0. The summed E-state index contributed by atoms with van der Waals surface area (Å²) in [5.41, 5.74) is 0.803. The Labute approximate surface area is 76.7 Å². The summed E-state index contributed by atoms with van der Waals surface area (Å²) in [5.74, 6) is 2.04. The standard InChI is InChI=1S/C12H22/c1-10-5-3-7-12(9-10)8-4-6-11(12)2/h10-11H,3-9H2,1-2H3/t10-,11-,12?/m1/s1. The van der Waals surface area contributed by atoms with Crippen molar-refractivity contribution in [3.8, 4) is 0 Å². The van der Waals surface area contributed by atoms with Crippen LogP contribution in [-0.4, -0.2) is 0 Å². The lowest BCUT2D eigenvalue weighted by Crippen LogP contribution is -2.29. The van der Waals surface area contributed by atoms with Crippen molar-refractivity contribution < 1.29 is 0 Å².